The Hall–Kier alpha value is -2.64. The van der Waals surface area contributed by atoms with Gasteiger partial charge in [-0.3, -0.25) is 4.79 Å². The number of carbonyl (C=O) groups is 2. The lowest BCUT2D eigenvalue weighted by molar-refractivity contribution is -0.291. The van der Waals surface area contributed by atoms with Crippen LogP contribution in [0.3, 0.4) is 0 Å². The Morgan fingerprint density at radius 1 is 1.00 bits per heavy atom. The quantitative estimate of drug-likeness (QED) is 0.500. The molecule has 5 rings (SSSR count). The first kappa shape index (κ1) is 25.0. The standard InChI is InChI=1S/C29H36O7/c1-18-13-14-23(34-19(2)30)28(5)24(33-17-20-10-7-6-8-11-20)16-21-25(29(18,28)36-27(21,3)4)35-26(31)22-12-9-15-32-22/h6-12,15,18,21,23-25H,13-14,16-17H2,1-5H3/t18-,21-,23+,24+,25+,28+,29-/m1/s1. The van der Waals surface area contributed by atoms with Crippen LogP contribution in [0.1, 0.15) is 70.0 Å². The largest absolute Gasteiger partial charge is 0.462 e. The SMILES string of the molecule is CC(=O)O[C@H]1CC[C@@H](C)[C@]23OC(C)(C)[C@H](C[C@H](OCc4ccccc4)[C@]12C)[C@@H]3OC(=O)c1ccco1. The third-order valence-electron chi connectivity index (χ3n) is 8.91. The fraction of sp³-hybridized carbons (Fsp3) is 0.586. The maximum absolute atomic E-state index is 13.1. The van der Waals surface area contributed by atoms with Crippen LogP contribution in [0.15, 0.2) is 53.1 Å². The summed E-state index contributed by atoms with van der Waals surface area (Å²) < 4.78 is 31.3. The molecule has 1 saturated heterocycles. The van der Waals surface area contributed by atoms with E-state index in [4.69, 9.17) is 23.4 Å². The third-order valence-corrected chi connectivity index (χ3v) is 8.91. The molecule has 2 aromatic rings. The molecule has 2 saturated carbocycles. The normalized spacial score (nSPS) is 36.6. The Bertz CT molecular complexity index is 1090. The Kier molecular flexibility index (Phi) is 6.28. The second-order valence-corrected chi connectivity index (χ2v) is 11.3. The average molecular weight is 497 g/mol. The molecule has 2 bridgehead atoms. The minimum atomic E-state index is -0.901. The summed E-state index contributed by atoms with van der Waals surface area (Å²) in [5, 5.41) is 0. The number of furan rings is 1. The highest BCUT2D eigenvalue weighted by molar-refractivity contribution is 5.86. The van der Waals surface area contributed by atoms with Crippen LogP contribution in [0, 0.1) is 17.3 Å². The zero-order valence-electron chi connectivity index (χ0n) is 21.7. The summed E-state index contributed by atoms with van der Waals surface area (Å²) >= 11 is 0. The van der Waals surface area contributed by atoms with Gasteiger partial charge in [0.15, 0.2) is 0 Å². The van der Waals surface area contributed by atoms with Crippen molar-refractivity contribution in [2.75, 3.05) is 0 Å². The van der Waals surface area contributed by atoms with Gasteiger partial charge in [-0.1, -0.05) is 44.2 Å². The first-order valence-corrected chi connectivity index (χ1v) is 12.9. The minimum absolute atomic E-state index is 0.0381. The predicted octanol–water partition coefficient (Wildman–Crippen LogP) is 5.33. The van der Waals surface area contributed by atoms with E-state index in [9.17, 15) is 9.59 Å². The van der Waals surface area contributed by atoms with Gasteiger partial charge in [-0.05, 0) is 56.7 Å². The molecule has 7 nitrogen and oxygen atoms in total. The maximum Gasteiger partial charge on any atom is 0.374 e. The molecular weight excluding hydrogens is 460 g/mol. The number of hydrogen-bond donors (Lipinski definition) is 0. The summed E-state index contributed by atoms with van der Waals surface area (Å²) in [5.41, 5.74) is -1.15. The molecule has 1 spiro atoms. The molecule has 2 aliphatic carbocycles. The molecule has 194 valence electrons. The second-order valence-electron chi connectivity index (χ2n) is 11.3. The molecular formula is C29H36O7. The van der Waals surface area contributed by atoms with Crippen molar-refractivity contribution in [2.45, 2.75) is 90.0 Å². The number of benzene rings is 1. The number of fused-ring (bicyclic) bond motifs is 1. The van der Waals surface area contributed by atoms with E-state index in [1.165, 1.54) is 13.2 Å². The highest BCUT2D eigenvalue weighted by Gasteiger charge is 2.78. The smallest absolute Gasteiger partial charge is 0.374 e. The minimum Gasteiger partial charge on any atom is -0.462 e. The summed E-state index contributed by atoms with van der Waals surface area (Å²) in [4.78, 5) is 25.4. The molecule has 1 aromatic heterocycles. The molecule has 1 aromatic carbocycles. The van der Waals surface area contributed by atoms with Crippen molar-refractivity contribution >= 4 is 11.9 Å². The summed E-state index contributed by atoms with van der Waals surface area (Å²) in [6.07, 6.45) is 2.29. The fourth-order valence-electron chi connectivity index (χ4n) is 7.20. The van der Waals surface area contributed by atoms with Gasteiger partial charge in [-0.2, -0.15) is 0 Å². The van der Waals surface area contributed by atoms with E-state index in [2.05, 4.69) is 27.7 Å². The topological polar surface area (TPSA) is 84.2 Å². The first-order chi connectivity index (χ1) is 17.1. The number of esters is 2. The molecule has 0 unspecified atom stereocenters. The molecule has 0 N–H and O–H groups in total. The van der Waals surface area contributed by atoms with Crippen molar-refractivity contribution in [3.8, 4) is 0 Å². The summed E-state index contributed by atoms with van der Waals surface area (Å²) in [5.74, 6) is -0.757. The number of carbonyl (C=O) groups excluding carboxylic acids is 2. The lowest BCUT2D eigenvalue weighted by atomic mass is 9.49. The predicted molar refractivity (Wildman–Crippen MR) is 131 cm³/mol. The first-order valence-electron chi connectivity index (χ1n) is 12.9. The van der Waals surface area contributed by atoms with Crippen LogP contribution >= 0.6 is 0 Å². The van der Waals surface area contributed by atoms with Crippen LogP contribution in [0.25, 0.3) is 0 Å². The van der Waals surface area contributed by atoms with Gasteiger partial charge < -0.3 is 23.4 Å². The van der Waals surface area contributed by atoms with E-state index in [-0.39, 0.29) is 29.7 Å². The Morgan fingerprint density at radius 2 is 1.75 bits per heavy atom. The van der Waals surface area contributed by atoms with Gasteiger partial charge in [0.25, 0.3) is 0 Å². The number of rotatable bonds is 6. The lowest BCUT2D eigenvalue weighted by Gasteiger charge is -2.62. The van der Waals surface area contributed by atoms with Gasteiger partial charge in [0.1, 0.15) is 17.8 Å². The van der Waals surface area contributed by atoms with Crippen LogP contribution in [-0.4, -0.2) is 41.5 Å². The van der Waals surface area contributed by atoms with Crippen molar-refractivity contribution < 1.29 is 33.0 Å². The highest BCUT2D eigenvalue weighted by atomic mass is 16.6. The number of hydrogen-bond acceptors (Lipinski definition) is 7. The molecule has 0 amide bonds. The van der Waals surface area contributed by atoms with E-state index < -0.39 is 34.8 Å². The van der Waals surface area contributed by atoms with Crippen LogP contribution in [-0.2, 0) is 30.3 Å². The Morgan fingerprint density at radius 3 is 2.42 bits per heavy atom. The van der Waals surface area contributed by atoms with Crippen molar-refractivity contribution in [3.05, 3.63) is 60.1 Å². The maximum atomic E-state index is 13.1. The zero-order valence-corrected chi connectivity index (χ0v) is 21.7. The monoisotopic (exact) mass is 496 g/mol. The second kappa shape index (κ2) is 9.03. The molecule has 0 radical (unpaired) electrons. The van der Waals surface area contributed by atoms with E-state index in [0.29, 0.717) is 19.4 Å². The van der Waals surface area contributed by atoms with Gasteiger partial charge in [-0.15, -0.1) is 0 Å². The van der Waals surface area contributed by atoms with Crippen molar-refractivity contribution in [2.24, 2.45) is 17.3 Å². The highest BCUT2D eigenvalue weighted by Crippen LogP contribution is 2.67. The third kappa shape index (κ3) is 3.79. The molecule has 7 heteroatoms. The number of ether oxygens (including phenoxy) is 4. The van der Waals surface area contributed by atoms with Gasteiger partial charge in [-0.25, -0.2) is 4.79 Å². The van der Waals surface area contributed by atoms with E-state index in [0.717, 1.165) is 12.0 Å². The van der Waals surface area contributed by atoms with Gasteiger partial charge in [0.2, 0.25) is 5.76 Å². The van der Waals surface area contributed by atoms with Crippen LogP contribution in [0.2, 0.25) is 0 Å². The van der Waals surface area contributed by atoms with Crippen molar-refractivity contribution in [3.63, 3.8) is 0 Å². The summed E-state index contributed by atoms with van der Waals surface area (Å²) in [6, 6.07) is 13.3. The molecule has 3 aliphatic rings. The van der Waals surface area contributed by atoms with E-state index in [1.54, 1.807) is 12.1 Å². The van der Waals surface area contributed by atoms with Crippen LogP contribution in [0.4, 0.5) is 0 Å². The van der Waals surface area contributed by atoms with Crippen molar-refractivity contribution in [1.82, 2.24) is 0 Å². The van der Waals surface area contributed by atoms with Crippen LogP contribution in [0.5, 0.6) is 0 Å². The Balaban J connectivity index is 1.58. The summed E-state index contributed by atoms with van der Waals surface area (Å²) in [7, 11) is 0. The molecule has 36 heavy (non-hydrogen) atoms. The molecule has 2 heterocycles. The molecule has 3 fully saturated rings. The fourth-order valence-corrected chi connectivity index (χ4v) is 7.20. The Labute approximate surface area is 212 Å². The van der Waals surface area contributed by atoms with E-state index in [1.807, 2.05) is 30.3 Å². The van der Waals surface area contributed by atoms with Crippen molar-refractivity contribution in [1.29, 1.82) is 0 Å². The molecule has 7 atom stereocenters. The van der Waals surface area contributed by atoms with Gasteiger partial charge >= 0.3 is 11.9 Å². The zero-order chi connectivity index (χ0) is 25.7. The van der Waals surface area contributed by atoms with Gasteiger partial charge in [0.05, 0.1) is 30.0 Å². The van der Waals surface area contributed by atoms with Crippen LogP contribution < -0.4 is 0 Å². The lowest BCUT2D eigenvalue weighted by Crippen LogP contribution is -2.73. The van der Waals surface area contributed by atoms with E-state index >= 15 is 0 Å². The molecule has 1 aliphatic heterocycles. The summed E-state index contributed by atoms with van der Waals surface area (Å²) in [6.45, 7) is 10.2. The van der Waals surface area contributed by atoms with Gasteiger partial charge in [0, 0.05) is 12.8 Å². The average Bonchev–Trinajstić information content (AvgIpc) is 3.42.